The van der Waals surface area contributed by atoms with Crippen molar-refractivity contribution in [2.24, 2.45) is 11.8 Å². The van der Waals surface area contributed by atoms with E-state index in [-0.39, 0.29) is 23.5 Å². The summed E-state index contributed by atoms with van der Waals surface area (Å²) in [5.41, 5.74) is 0.128. The molecule has 0 nitrogen and oxygen atoms in total. The molecule has 0 saturated heterocycles. The minimum absolute atomic E-state index is 0.000196. The largest absolute Gasteiger partial charge is 0.416 e. The minimum atomic E-state index is -4.84. The summed E-state index contributed by atoms with van der Waals surface area (Å²) in [7, 11) is 0. The molecule has 28 heavy (non-hydrogen) atoms. The molecule has 2 atom stereocenters. The molecule has 3 aliphatic rings. The van der Waals surface area contributed by atoms with Gasteiger partial charge in [-0.15, -0.1) is 0 Å². The maximum atomic E-state index is 13.2. The molecule has 2 aromatic rings. The molecule has 0 heterocycles. The van der Waals surface area contributed by atoms with E-state index in [0.717, 1.165) is 29.7 Å². The second-order valence-corrected chi connectivity index (χ2v) is 7.19. The van der Waals surface area contributed by atoms with Crippen LogP contribution in [0, 0.1) is 11.8 Å². The topological polar surface area (TPSA) is 0 Å². The predicted molar refractivity (Wildman–Crippen MR) is 95.1 cm³/mol. The van der Waals surface area contributed by atoms with Crippen molar-refractivity contribution in [1.82, 2.24) is 0 Å². The van der Waals surface area contributed by atoms with Gasteiger partial charge in [-0.25, -0.2) is 0 Å². The number of allylic oxidation sites excluding steroid dienone is 4. The van der Waals surface area contributed by atoms with Gasteiger partial charge in [0.05, 0.1) is 11.1 Å². The summed E-state index contributed by atoms with van der Waals surface area (Å²) >= 11 is 0. The van der Waals surface area contributed by atoms with Crippen molar-refractivity contribution in [1.29, 1.82) is 0 Å². The van der Waals surface area contributed by atoms with E-state index in [2.05, 4.69) is 0 Å². The number of hydrogen-bond donors (Lipinski definition) is 0. The van der Waals surface area contributed by atoms with Crippen LogP contribution in [0.1, 0.15) is 35.1 Å². The fraction of sp³-hybridized carbons (Fsp3) is 0.273. The maximum Gasteiger partial charge on any atom is 0.416 e. The second-order valence-electron chi connectivity index (χ2n) is 7.19. The highest BCUT2D eigenvalue weighted by molar-refractivity contribution is 5.82. The lowest BCUT2D eigenvalue weighted by Crippen LogP contribution is -2.21. The Morgan fingerprint density at radius 3 is 1.50 bits per heavy atom. The first kappa shape index (κ1) is 18.8. The van der Waals surface area contributed by atoms with Gasteiger partial charge < -0.3 is 0 Å². The Bertz CT molecular complexity index is 915. The van der Waals surface area contributed by atoms with Crippen LogP contribution in [0.5, 0.6) is 0 Å². The standard InChI is InChI=1S/C22H16F6/c23-21(24,25)17-8-16(9-18(12-17)22(26,27)28)20-11-14-6-7-15(20)10-19(14)13-4-2-1-3-5-13/h1-5,8-12,14-15H,6-7H2/t14-,15-/m1/s1. The molecule has 6 heteroatoms. The Hall–Kier alpha value is -2.50. The summed E-state index contributed by atoms with van der Waals surface area (Å²) < 4.78 is 79.1. The average molecular weight is 394 g/mol. The molecule has 0 radical (unpaired) electrons. The molecule has 0 unspecified atom stereocenters. The van der Waals surface area contributed by atoms with E-state index in [1.165, 1.54) is 0 Å². The Labute approximate surface area is 158 Å². The van der Waals surface area contributed by atoms with Crippen LogP contribution >= 0.6 is 0 Å². The molecular formula is C22H16F6. The third-order valence-corrected chi connectivity index (χ3v) is 5.38. The molecule has 0 amide bonds. The Morgan fingerprint density at radius 2 is 1.07 bits per heavy atom. The summed E-state index contributed by atoms with van der Waals surface area (Å²) in [6.07, 6.45) is -4.30. The van der Waals surface area contributed by atoms with Crippen LogP contribution in [0.4, 0.5) is 26.3 Å². The molecule has 0 N–H and O–H groups in total. The lowest BCUT2D eigenvalue weighted by atomic mass is 9.69. The van der Waals surface area contributed by atoms with Gasteiger partial charge in [0.2, 0.25) is 0 Å². The molecule has 3 aliphatic carbocycles. The summed E-state index contributed by atoms with van der Waals surface area (Å²) in [6.45, 7) is 0. The zero-order valence-electron chi connectivity index (χ0n) is 14.6. The molecule has 2 bridgehead atoms. The zero-order valence-corrected chi connectivity index (χ0v) is 14.6. The van der Waals surface area contributed by atoms with Crippen molar-refractivity contribution < 1.29 is 26.3 Å². The zero-order chi connectivity index (χ0) is 20.1. The lowest BCUT2D eigenvalue weighted by molar-refractivity contribution is -0.143. The van der Waals surface area contributed by atoms with Gasteiger partial charge in [-0.2, -0.15) is 26.3 Å². The molecular weight excluding hydrogens is 378 g/mol. The highest BCUT2D eigenvalue weighted by atomic mass is 19.4. The minimum Gasteiger partial charge on any atom is -0.166 e. The van der Waals surface area contributed by atoms with Crippen LogP contribution in [0.15, 0.2) is 60.7 Å². The van der Waals surface area contributed by atoms with Crippen LogP contribution in [0.3, 0.4) is 0 Å². The summed E-state index contributed by atoms with van der Waals surface area (Å²) in [6, 6.07) is 11.5. The van der Waals surface area contributed by atoms with E-state index in [4.69, 9.17) is 0 Å². The van der Waals surface area contributed by atoms with E-state index in [1.54, 1.807) is 0 Å². The van der Waals surface area contributed by atoms with Crippen LogP contribution in [0.2, 0.25) is 0 Å². The normalized spacial score (nSPS) is 22.1. The highest BCUT2D eigenvalue weighted by Crippen LogP contribution is 2.48. The second kappa shape index (κ2) is 6.54. The fourth-order valence-corrected chi connectivity index (χ4v) is 4.07. The number of alkyl halides is 6. The molecule has 0 aliphatic heterocycles. The number of halogens is 6. The molecule has 5 rings (SSSR count). The van der Waals surface area contributed by atoms with Gasteiger partial charge in [-0.1, -0.05) is 42.5 Å². The van der Waals surface area contributed by atoms with Gasteiger partial charge >= 0.3 is 12.4 Å². The van der Waals surface area contributed by atoms with Crippen molar-refractivity contribution in [3.8, 4) is 0 Å². The Balaban J connectivity index is 1.77. The van der Waals surface area contributed by atoms with E-state index in [0.29, 0.717) is 12.0 Å². The van der Waals surface area contributed by atoms with E-state index in [9.17, 15) is 26.3 Å². The smallest absolute Gasteiger partial charge is 0.166 e. The molecule has 0 saturated carbocycles. The van der Waals surface area contributed by atoms with E-state index in [1.807, 2.05) is 42.5 Å². The summed E-state index contributed by atoms with van der Waals surface area (Å²) in [5.74, 6) is -0.198. The van der Waals surface area contributed by atoms with Gasteiger partial charge in [0, 0.05) is 11.8 Å². The quantitative estimate of drug-likeness (QED) is 0.471. The molecule has 0 spiro atoms. The number of fused-ring (bicyclic) bond motifs is 1. The molecule has 146 valence electrons. The summed E-state index contributed by atoms with van der Waals surface area (Å²) in [5, 5.41) is 0. The van der Waals surface area contributed by atoms with Crippen molar-refractivity contribution in [2.45, 2.75) is 25.2 Å². The monoisotopic (exact) mass is 394 g/mol. The molecule has 0 aromatic heterocycles. The van der Waals surface area contributed by atoms with E-state index < -0.39 is 23.5 Å². The fourth-order valence-electron chi connectivity index (χ4n) is 4.07. The average Bonchev–Trinajstić information content (AvgIpc) is 2.67. The van der Waals surface area contributed by atoms with Gasteiger partial charge in [-0.05, 0) is 53.3 Å². The highest BCUT2D eigenvalue weighted by Gasteiger charge is 2.38. The lowest BCUT2D eigenvalue weighted by Gasteiger charge is -2.36. The number of benzene rings is 2. The van der Waals surface area contributed by atoms with Gasteiger partial charge in [0.1, 0.15) is 0 Å². The van der Waals surface area contributed by atoms with Gasteiger partial charge in [-0.3, -0.25) is 0 Å². The van der Waals surface area contributed by atoms with Gasteiger partial charge in [0.25, 0.3) is 0 Å². The maximum absolute atomic E-state index is 13.2. The van der Waals surface area contributed by atoms with Crippen molar-refractivity contribution >= 4 is 11.1 Å². The van der Waals surface area contributed by atoms with Crippen LogP contribution in [-0.4, -0.2) is 0 Å². The van der Waals surface area contributed by atoms with Gasteiger partial charge in [0.15, 0.2) is 0 Å². The number of rotatable bonds is 2. The van der Waals surface area contributed by atoms with Crippen LogP contribution in [0.25, 0.3) is 11.1 Å². The third kappa shape index (κ3) is 3.48. The molecule has 0 fully saturated rings. The predicted octanol–water partition coefficient (Wildman–Crippen LogP) is 7.23. The third-order valence-electron chi connectivity index (χ3n) is 5.38. The Morgan fingerprint density at radius 1 is 0.607 bits per heavy atom. The SMILES string of the molecule is FC(F)(F)c1cc(C2=C[C@H]3CC[C@@H]2C=C3c2ccccc2)cc(C(F)(F)F)c1. The molecule has 2 aromatic carbocycles. The van der Waals surface area contributed by atoms with Crippen molar-refractivity contribution in [3.63, 3.8) is 0 Å². The van der Waals surface area contributed by atoms with Crippen molar-refractivity contribution in [2.75, 3.05) is 0 Å². The summed E-state index contributed by atoms with van der Waals surface area (Å²) in [4.78, 5) is 0. The first-order valence-corrected chi connectivity index (χ1v) is 8.91. The first-order chi connectivity index (χ1) is 13.1. The van der Waals surface area contributed by atoms with E-state index >= 15 is 0 Å². The Kier molecular flexibility index (Phi) is 4.40. The van der Waals surface area contributed by atoms with Crippen LogP contribution < -0.4 is 0 Å². The van der Waals surface area contributed by atoms with Crippen LogP contribution in [-0.2, 0) is 12.4 Å². The first-order valence-electron chi connectivity index (χ1n) is 8.91. The van der Waals surface area contributed by atoms with Crippen molar-refractivity contribution in [3.05, 3.63) is 82.9 Å². The number of hydrogen-bond acceptors (Lipinski definition) is 0.